The fraction of sp³-hybridized carbons (Fsp3) is 0.600. The van der Waals surface area contributed by atoms with Crippen molar-refractivity contribution in [1.29, 1.82) is 0 Å². The van der Waals surface area contributed by atoms with Crippen LogP contribution in [-0.4, -0.2) is 13.7 Å². The first-order valence-corrected chi connectivity index (χ1v) is 6.39. The minimum absolute atomic E-state index is 0.131. The molecule has 1 rings (SSSR count). The van der Waals surface area contributed by atoms with Gasteiger partial charge in [-0.05, 0) is 29.4 Å². The van der Waals surface area contributed by atoms with E-state index < -0.39 is 0 Å². The molecule has 1 aromatic rings. The molecular weight excluding hydrogens is 210 g/mol. The van der Waals surface area contributed by atoms with Crippen LogP contribution in [-0.2, 0) is 11.2 Å². The zero-order valence-electron chi connectivity index (χ0n) is 11.4. The van der Waals surface area contributed by atoms with Crippen LogP contribution in [0.5, 0.6) is 0 Å². The highest BCUT2D eigenvalue weighted by atomic mass is 16.5. The Balaban J connectivity index is 2.66. The van der Waals surface area contributed by atoms with Crippen LogP contribution in [0, 0.1) is 11.8 Å². The average Bonchev–Trinajstić information content (AvgIpc) is 2.35. The van der Waals surface area contributed by atoms with Gasteiger partial charge in [0.05, 0.1) is 6.61 Å². The van der Waals surface area contributed by atoms with E-state index in [1.54, 1.807) is 7.11 Å². The first-order valence-electron chi connectivity index (χ1n) is 6.39. The largest absolute Gasteiger partial charge is 0.384 e. The second kappa shape index (κ2) is 6.77. The van der Waals surface area contributed by atoms with Crippen LogP contribution >= 0.6 is 0 Å². The van der Waals surface area contributed by atoms with Gasteiger partial charge in [0.25, 0.3) is 0 Å². The van der Waals surface area contributed by atoms with E-state index in [0.717, 1.165) is 13.0 Å². The van der Waals surface area contributed by atoms with E-state index in [9.17, 15) is 0 Å². The fourth-order valence-corrected chi connectivity index (χ4v) is 1.84. The maximum atomic E-state index is 6.26. The number of hydrogen-bond acceptors (Lipinski definition) is 2. The molecule has 0 aliphatic carbocycles. The molecule has 0 aliphatic rings. The van der Waals surface area contributed by atoms with Crippen LogP contribution in [0.1, 0.15) is 37.9 Å². The lowest BCUT2D eigenvalue weighted by Crippen LogP contribution is -2.23. The van der Waals surface area contributed by atoms with Gasteiger partial charge in [0.15, 0.2) is 0 Å². The molecule has 0 heterocycles. The molecule has 0 radical (unpaired) electrons. The van der Waals surface area contributed by atoms with Gasteiger partial charge in [-0.25, -0.2) is 0 Å². The summed E-state index contributed by atoms with van der Waals surface area (Å²) < 4.78 is 5.07. The Hall–Kier alpha value is -0.860. The summed E-state index contributed by atoms with van der Waals surface area (Å²) in [6.07, 6.45) is 0.964. The zero-order chi connectivity index (χ0) is 12.8. The van der Waals surface area contributed by atoms with Crippen LogP contribution in [0.25, 0.3) is 0 Å². The average molecular weight is 235 g/mol. The summed E-state index contributed by atoms with van der Waals surface area (Å²) in [5.74, 6) is 1.11. The fourth-order valence-electron chi connectivity index (χ4n) is 1.84. The number of nitrogens with two attached hydrogens (primary N) is 1. The monoisotopic (exact) mass is 235 g/mol. The normalized spacial score (nSPS) is 14.9. The van der Waals surface area contributed by atoms with E-state index in [-0.39, 0.29) is 6.04 Å². The summed E-state index contributed by atoms with van der Waals surface area (Å²) in [7, 11) is 1.73. The minimum Gasteiger partial charge on any atom is -0.384 e. The molecule has 96 valence electrons. The lowest BCUT2D eigenvalue weighted by Gasteiger charge is -2.23. The standard InChI is InChI=1S/C15H25NO/c1-11(2)12(3)15(16)14-7-5-13(6-8-14)9-10-17-4/h5-8,11-12,15H,9-10,16H2,1-4H3. The Labute approximate surface area is 105 Å². The van der Waals surface area contributed by atoms with Crippen molar-refractivity contribution in [2.45, 2.75) is 33.2 Å². The van der Waals surface area contributed by atoms with Gasteiger partial charge in [0.1, 0.15) is 0 Å². The predicted molar refractivity (Wildman–Crippen MR) is 73.0 cm³/mol. The minimum atomic E-state index is 0.131. The van der Waals surface area contributed by atoms with Gasteiger partial charge < -0.3 is 10.5 Å². The molecule has 17 heavy (non-hydrogen) atoms. The first kappa shape index (κ1) is 14.2. The van der Waals surface area contributed by atoms with Gasteiger partial charge in [-0.1, -0.05) is 45.0 Å². The van der Waals surface area contributed by atoms with Crippen molar-refractivity contribution >= 4 is 0 Å². The molecular formula is C15H25NO. The van der Waals surface area contributed by atoms with Gasteiger partial charge in [-0.3, -0.25) is 0 Å². The summed E-state index contributed by atoms with van der Waals surface area (Å²) >= 11 is 0. The molecule has 0 saturated carbocycles. The van der Waals surface area contributed by atoms with Gasteiger partial charge >= 0.3 is 0 Å². The summed E-state index contributed by atoms with van der Waals surface area (Å²) in [5, 5.41) is 0. The van der Waals surface area contributed by atoms with Gasteiger partial charge in [0.2, 0.25) is 0 Å². The maximum Gasteiger partial charge on any atom is 0.0502 e. The van der Waals surface area contributed by atoms with E-state index in [4.69, 9.17) is 10.5 Å². The van der Waals surface area contributed by atoms with Crippen LogP contribution < -0.4 is 5.73 Å². The molecule has 2 atom stereocenters. The molecule has 1 aromatic carbocycles. The van der Waals surface area contributed by atoms with Crippen LogP contribution in [0.2, 0.25) is 0 Å². The topological polar surface area (TPSA) is 35.2 Å². The van der Waals surface area contributed by atoms with E-state index >= 15 is 0 Å². The van der Waals surface area contributed by atoms with Crippen molar-refractivity contribution in [3.63, 3.8) is 0 Å². The Morgan fingerprint density at radius 2 is 1.71 bits per heavy atom. The summed E-state index contributed by atoms with van der Waals surface area (Å²) in [5.41, 5.74) is 8.80. The Bertz CT molecular complexity index is 318. The summed E-state index contributed by atoms with van der Waals surface area (Å²) in [6, 6.07) is 8.73. The van der Waals surface area contributed by atoms with Crippen molar-refractivity contribution in [2.75, 3.05) is 13.7 Å². The SMILES string of the molecule is COCCc1ccc(C(N)C(C)C(C)C)cc1. The molecule has 2 heteroatoms. The number of benzene rings is 1. The lowest BCUT2D eigenvalue weighted by molar-refractivity contribution is 0.202. The highest BCUT2D eigenvalue weighted by molar-refractivity contribution is 5.25. The smallest absolute Gasteiger partial charge is 0.0502 e. The number of ether oxygens (including phenoxy) is 1. The first-order chi connectivity index (χ1) is 8.06. The van der Waals surface area contributed by atoms with E-state index in [2.05, 4.69) is 45.0 Å². The van der Waals surface area contributed by atoms with Crippen LogP contribution in [0.4, 0.5) is 0 Å². The molecule has 0 aliphatic heterocycles. The third kappa shape index (κ3) is 4.14. The summed E-state index contributed by atoms with van der Waals surface area (Å²) in [6.45, 7) is 7.43. The quantitative estimate of drug-likeness (QED) is 0.822. The number of hydrogen-bond donors (Lipinski definition) is 1. The molecule has 0 amide bonds. The number of rotatable bonds is 6. The second-order valence-corrected chi connectivity index (χ2v) is 5.11. The molecule has 2 nitrogen and oxygen atoms in total. The maximum absolute atomic E-state index is 6.26. The molecule has 0 spiro atoms. The van der Waals surface area contributed by atoms with Crippen molar-refractivity contribution in [2.24, 2.45) is 17.6 Å². The summed E-state index contributed by atoms with van der Waals surface area (Å²) in [4.78, 5) is 0. The van der Waals surface area contributed by atoms with Gasteiger partial charge in [-0.15, -0.1) is 0 Å². The molecule has 0 saturated heterocycles. The van der Waals surface area contributed by atoms with Crippen molar-refractivity contribution < 1.29 is 4.74 Å². The van der Waals surface area contributed by atoms with E-state index in [1.807, 2.05) is 0 Å². The molecule has 0 fully saturated rings. The second-order valence-electron chi connectivity index (χ2n) is 5.11. The third-order valence-electron chi connectivity index (χ3n) is 3.58. The Kier molecular flexibility index (Phi) is 5.66. The number of methoxy groups -OCH3 is 1. The third-order valence-corrected chi connectivity index (χ3v) is 3.58. The lowest BCUT2D eigenvalue weighted by atomic mass is 9.86. The molecule has 2 N–H and O–H groups in total. The molecule has 0 aromatic heterocycles. The van der Waals surface area contributed by atoms with Crippen molar-refractivity contribution in [3.05, 3.63) is 35.4 Å². The zero-order valence-corrected chi connectivity index (χ0v) is 11.4. The molecule has 2 unspecified atom stereocenters. The molecule has 0 bridgehead atoms. The van der Waals surface area contributed by atoms with Crippen LogP contribution in [0.3, 0.4) is 0 Å². The van der Waals surface area contributed by atoms with E-state index in [1.165, 1.54) is 11.1 Å². The highest BCUT2D eigenvalue weighted by Gasteiger charge is 2.17. The highest BCUT2D eigenvalue weighted by Crippen LogP contribution is 2.25. The Morgan fingerprint density at radius 1 is 1.12 bits per heavy atom. The van der Waals surface area contributed by atoms with Gasteiger partial charge in [0, 0.05) is 13.2 Å². The van der Waals surface area contributed by atoms with Gasteiger partial charge in [-0.2, -0.15) is 0 Å². The predicted octanol–water partition coefficient (Wildman–Crippen LogP) is 3.17. The van der Waals surface area contributed by atoms with Crippen molar-refractivity contribution in [3.8, 4) is 0 Å². The van der Waals surface area contributed by atoms with Crippen LogP contribution in [0.15, 0.2) is 24.3 Å². The van der Waals surface area contributed by atoms with Crippen molar-refractivity contribution in [1.82, 2.24) is 0 Å². The Morgan fingerprint density at radius 3 is 2.18 bits per heavy atom. The van der Waals surface area contributed by atoms with E-state index in [0.29, 0.717) is 11.8 Å².